The van der Waals surface area contributed by atoms with Gasteiger partial charge in [-0.3, -0.25) is 0 Å². The van der Waals surface area contributed by atoms with Crippen molar-refractivity contribution in [1.29, 1.82) is 0 Å². The zero-order valence-electron chi connectivity index (χ0n) is 17.8. The van der Waals surface area contributed by atoms with Crippen molar-refractivity contribution in [2.24, 2.45) is 0 Å². The Bertz CT molecular complexity index is 1430. The number of rotatable bonds is 6. The highest BCUT2D eigenvalue weighted by molar-refractivity contribution is 7.90. The minimum absolute atomic E-state index is 0.149. The minimum Gasteiger partial charge on any atom is -0.504 e. The Morgan fingerprint density at radius 2 is 1.84 bits per heavy atom. The second-order valence-electron chi connectivity index (χ2n) is 7.23. The third-order valence-electron chi connectivity index (χ3n) is 5.19. The molecule has 2 aromatic carbocycles. The predicted molar refractivity (Wildman–Crippen MR) is 124 cm³/mol. The van der Waals surface area contributed by atoms with Gasteiger partial charge in [0, 0.05) is 41.6 Å². The molecule has 0 aliphatic heterocycles. The van der Waals surface area contributed by atoms with Crippen LogP contribution < -0.4 is 5.32 Å². The van der Waals surface area contributed by atoms with Crippen LogP contribution in [0.4, 0.5) is 10.1 Å². The molecule has 0 saturated heterocycles. The van der Waals surface area contributed by atoms with Crippen LogP contribution in [0.1, 0.15) is 11.1 Å². The number of aryl methyl sites for hydroxylation is 1. The quantitative estimate of drug-likeness (QED) is 0.416. The van der Waals surface area contributed by atoms with Crippen LogP contribution in [0, 0.1) is 12.7 Å². The van der Waals surface area contributed by atoms with Gasteiger partial charge < -0.3 is 10.1 Å². The van der Waals surface area contributed by atoms with Crippen LogP contribution in [-0.2, 0) is 14.8 Å². The van der Waals surface area contributed by atoms with E-state index in [-0.39, 0.29) is 10.5 Å². The third-order valence-corrected chi connectivity index (χ3v) is 6.85. The van der Waals surface area contributed by atoms with Gasteiger partial charge in [0.25, 0.3) is 10.0 Å². The summed E-state index contributed by atoms with van der Waals surface area (Å²) >= 11 is 0. The number of nitrogens with zero attached hydrogens (tertiary/aromatic N) is 2. The van der Waals surface area contributed by atoms with Crippen LogP contribution in [0.2, 0.25) is 0 Å². The third kappa shape index (κ3) is 3.73. The maximum Gasteiger partial charge on any atom is 0.269 e. The maximum absolute atomic E-state index is 14.1. The van der Waals surface area contributed by atoms with E-state index in [9.17, 15) is 12.8 Å². The first-order chi connectivity index (χ1) is 15.4. The monoisotopic (exact) mass is 451 g/mol. The molecule has 0 saturated carbocycles. The predicted octanol–water partition coefficient (Wildman–Crippen LogP) is 5.05. The molecule has 2 heterocycles. The Kier molecular flexibility index (Phi) is 5.71. The van der Waals surface area contributed by atoms with Crippen LogP contribution in [0.15, 0.2) is 72.1 Å². The molecule has 4 rings (SSSR count). The lowest BCUT2D eigenvalue weighted by atomic mass is 9.99. The van der Waals surface area contributed by atoms with Gasteiger partial charge in [-0.1, -0.05) is 17.7 Å². The Morgan fingerprint density at radius 1 is 1.09 bits per heavy atom. The Labute approximate surface area is 186 Å². The molecule has 0 atom stereocenters. The van der Waals surface area contributed by atoms with E-state index in [1.54, 1.807) is 49.5 Å². The molecule has 0 unspecified atom stereocenters. The number of anilines is 1. The second-order valence-corrected chi connectivity index (χ2v) is 9.05. The van der Waals surface area contributed by atoms with Crippen molar-refractivity contribution in [1.82, 2.24) is 8.96 Å². The SMILES string of the molecule is CNc1ccc(F)cc1-c1ccnc2c1c(/C=C\OC)cn2S(=O)(=O)c1ccc(C)cc1. The highest BCUT2D eigenvalue weighted by Gasteiger charge is 2.24. The summed E-state index contributed by atoms with van der Waals surface area (Å²) in [6.07, 6.45) is 6.14. The number of hydrogen-bond acceptors (Lipinski definition) is 5. The van der Waals surface area contributed by atoms with E-state index in [0.717, 1.165) is 9.54 Å². The number of nitrogens with one attached hydrogen (secondary N) is 1. The molecule has 164 valence electrons. The summed E-state index contributed by atoms with van der Waals surface area (Å²) in [6, 6.07) is 12.8. The van der Waals surface area contributed by atoms with E-state index < -0.39 is 15.8 Å². The number of ether oxygens (including phenoxy) is 1. The number of aromatic nitrogens is 2. The normalized spacial score (nSPS) is 11.9. The van der Waals surface area contributed by atoms with Crippen molar-refractivity contribution in [3.8, 4) is 11.1 Å². The smallest absolute Gasteiger partial charge is 0.269 e. The van der Waals surface area contributed by atoms with E-state index >= 15 is 0 Å². The van der Waals surface area contributed by atoms with Crippen molar-refractivity contribution >= 4 is 32.8 Å². The highest BCUT2D eigenvalue weighted by Crippen LogP contribution is 2.37. The van der Waals surface area contributed by atoms with E-state index in [2.05, 4.69) is 10.3 Å². The van der Waals surface area contributed by atoms with Gasteiger partial charge in [0.05, 0.1) is 18.3 Å². The van der Waals surface area contributed by atoms with Crippen LogP contribution in [0.3, 0.4) is 0 Å². The molecule has 0 bridgehead atoms. The summed E-state index contributed by atoms with van der Waals surface area (Å²) < 4.78 is 47.3. The zero-order chi connectivity index (χ0) is 22.9. The number of hydrogen-bond donors (Lipinski definition) is 1. The molecule has 1 N–H and O–H groups in total. The van der Waals surface area contributed by atoms with E-state index in [0.29, 0.717) is 27.8 Å². The lowest BCUT2D eigenvalue weighted by Gasteiger charge is -2.12. The average Bonchev–Trinajstić information content (AvgIpc) is 3.17. The Morgan fingerprint density at radius 3 is 2.53 bits per heavy atom. The molecule has 8 heteroatoms. The summed E-state index contributed by atoms with van der Waals surface area (Å²) in [6.45, 7) is 1.89. The molecule has 0 amide bonds. The molecule has 0 fully saturated rings. The Balaban J connectivity index is 2.05. The van der Waals surface area contributed by atoms with Crippen molar-refractivity contribution in [2.75, 3.05) is 19.5 Å². The summed E-state index contributed by atoms with van der Waals surface area (Å²) in [5, 5.41) is 3.63. The fourth-order valence-corrected chi connectivity index (χ4v) is 4.94. The molecule has 0 spiro atoms. The maximum atomic E-state index is 14.1. The molecule has 2 aromatic heterocycles. The molecule has 0 aliphatic carbocycles. The number of halogens is 1. The van der Waals surface area contributed by atoms with Crippen molar-refractivity contribution < 1.29 is 17.5 Å². The Hall–Kier alpha value is -3.65. The van der Waals surface area contributed by atoms with Crippen LogP contribution in [-0.4, -0.2) is 31.5 Å². The lowest BCUT2D eigenvalue weighted by molar-refractivity contribution is 0.341. The molecule has 0 radical (unpaired) electrons. The first-order valence-electron chi connectivity index (χ1n) is 9.86. The molecule has 6 nitrogen and oxygen atoms in total. The van der Waals surface area contributed by atoms with Crippen LogP contribution in [0.5, 0.6) is 0 Å². The van der Waals surface area contributed by atoms with E-state index in [4.69, 9.17) is 4.74 Å². The summed E-state index contributed by atoms with van der Waals surface area (Å²) in [4.78, 5) is 4.53. The molecular weight excluding hydrogens is 429 g/mol. The largest absolute Gasteiger partial charge is 0.504 e. The van der Waals surface area contributed by atoms with Gasteiger partial charge in [0.2, 0.25) is 0 Å². The van der Waals surface area contributed by atoms with E-state index in [1.807, 2.05) is 6.92 Å². The van der Waals surface area contributed by atoms with Crippen LogP contribution >= 0.6 is 0 Å². The van der Waals surface area contributed by atoms with Gasteiger partial charge in [-0.05, 0) is 55.0 Å². The standard InChI is InChI=1S/C24H22FN3O3S/c1-16-4-7-19(8-5-16)32(29,30)28-15-17(11-13-31-3)23-20(10-12-27-24(23)28)21-14-18(25)6-9-22(21)26-2/h4-15,26H,1-3H3/b13-11-. The van der Waals surface area contributed by atoms with Gasteiger partial charge >= 0.3 is 0 Å². The first kappa shape index (κ1) is 21.6. The number of benzene rings is 2. The first-order valence-corrected chi connectivity index (χ1v) is 11.3. The van der Waals surface area contributed by atoms with Gasteiger partial charge in [-0.25, -0.2) is 21.8 Å². The lowest BCUT2D eigenvalue weighted by Crippen LogP contribution is -2.12. The summed E-state index contributed by atoms with van der Waals surface area (Å²) in [5.41, 5.74) is 3.72. The fourth-order valence-electron chi connectivity index (χ4n) is 3.61. The molecule has 32 heavy (non-hydrogen) atoms. The zero-order valence-corrected chi connectivity index (χ0v) is 18.7. The van der Waals surface area contributed by atoms with Crippen LogP contribution in [0.25, 0.3) is 28.2 Å². The van der Waals surface area contributed by atoms with Crippen molar-refractivity contribution in [3.63, 3.8) is 0 Å². The number of methoxy groups -OCH3 is 1. The molecule has 4 aromatic rings. The fraction of sp³-hybridized carbons (Fsp3) is 0.125. The topological polar surface area (TPSA) is 73.2 Å². The minimum atomic E-state index is -3.92. The van der Waals surface area contributed by atoms with Crippen molar-refractivity contribution in [3.05, 3.63) is 84.1 Å². The molecule has 0 aliphatic rings. The van der Waals surface area contributed by atoms with Gasteiger partial charge in [-0.2, -0.15) is 0 Å². The number of fused-ring (bicyclic) bond motifs is 1. The summed E-state index contributed by atoms with van der Waals surface area (Å²) in [5.74, 6) is -0.398. The average molecular weight is 452 g/mol. The highest BCUT2D eigenvalue weighted by atomic mass is 32.2. The summed E-state index contributed by atoms with van der Waals surface area (Å²) in [7, 11) is -0.672. The van der Waals surface area contributed by atoms with Gasteiger partial charge in [0.15, 0.2) is 5.65 Å². The van der Waals surface area contributed by atoms with Crippen molar-refractivity contribution in [2.45, 2.75) is 11.8 Å². The number of pyridine rings is 1. The van der Waals surface area contributed by atoms with Gasteiger partial charge in [-0.15, -0.1) is 0 Å². The van der Waals surface area contributed by atoms with Gasteiger partial charge in [0.1, 0.15) is 5.82 Å². The second kappa shape index (κ2) is 8.47. The van der Waals surface area contributed by atoms with E-state index in [1.165, 1.54) is 37.9 Å². The molecular formula is C24H22FN3O3S.